The van der Waals surface area contributed by atoms with Crippen LogP contribution in [-0.2, 0) is 0 Å². The summed E-state index contributed by atoms with van der Waals surface area (Å²) >= 11 is 3.57. The maximum Gasteiger partial charge on any atom is 0.0880 e. The van der Waals surface area contributed by atoms with Crippen molar-refractivity contribution in [2.75, 3.05) is 32.5 Å². The molecule has 0 fully saturated rings. The number of benzene rings is 2. The van der Waals surface area contributed by atoms with E-state index in [1.807, 2.05) is 0 Å². The fourth-order valence-corrected chi connectivity index (χ4v) is 3.68. The van der Waals surface area contributed by atoms with Crippen LogP contribution in [0, 0.1) is 0 Å². The molecule has 0 bridgehead atoms. The Morgan fingerprint density at radius 3 is 1.71 bits per heavy atom. The normalized spacial score (nSPS) is 11.8. The van der Waals surface area contributed by atoms with Gasteiger partial charge in [-0.15, -0.1) is 0 Å². The molecule has 2 heteroatoms. The molecule has 2 aromatic rings. The molecule has 0 aromatic heterocycles. The fourth-order valence-electron chi connectivity index (χ4n) is 2.72. The average Bonchev–Trinajstić information content (AvgIpc) is 2.49. The Balaban J connectivity index is 2.18. The Hall–Kier alpha value is -1.12. The van der Waals surface area contributed by atoms with Crippen LogP contribution >= 0.6 is 15.9 Å². The summed E-state index contributed by atoms with van der Waals surface area (Å²) < 4.78 is 1.06. The summed E-state index contributed by atoms with van der Waals surface area (Å²) in [5.41, 5.74) is 2.84. The van der Waals surface area contributed by atoms with E-state index in [4.69, 9.17) is 0 Å². The zero-order valence-electron chi connectivity index (χ0n) is 13.0. The van der Waals surface area contributed by atoms with E-state index in [1.54, 1.807) is 0 Å². The predicted molar refractivity (Wildman–Crippen MR) is 95.0 cm³/mol. The molecule has 0 heterocycles. The van der Waals surface area contributed by atoms with Gasteiger partial charge in [-0.3, -0.25) is 0 Å². The van der Waals surface area contributed by atoms with E-state index in [-0.39, 0.29) is 0 Å². The topological polar surface area (TPSA) is 0 Å². The number of halogens is 1. The molecule has 0 aliphatic carbocycles. The predicted octanol–water partition coefficient (Wildman–Crippen LogP) is 4.68. The highest BCUT2D eigenvalue weighted by atomic mass is 79.9. The number of alkyl halides is 1. The molecule has 0 N–H and O–H groups in total. The molecule has 112 valence electrons. The first-order chi connectivity index (χ1) is 10.1. The van der Waals surface area contributed by atoms with Crippen LogP contribution in [0.3, 0.4) is 0 Å². The van der Waals surface area contributed by atoms with Crippen LogP contribution in [0.4, 0.5) is 0 Å². The minimum atomic E-state index is 0.486. The summed E-state index contributed by atoms with van der Waals surface area (Å²) in [6.45, 7) is 2.34. The molecule has 0 radical (unpaired) electrons. The maximum atomic E-state index is 3.57. The molecular weight excluding hydrogens is 322 g/mol. The van der Waals surface area contributed by atoms with Crippen LogP contribution in [-0.4, -0.2) is 37.0 Å². The molecule has 0 atom stereocenters. The van der Waals surface area contributed by atoms with Crippen molar-refractivity contribution >= 4 is 15.9 Å². The van der Waals surface area contributed by atoms with Gasteiger partial charge in [0, 0.05) is 12.3 Å². The van der Waals surface area contributed by atoms with Crippen LogP contribution < -0.4 is 0 Å². The van der Waals surface area contributed by atoms with Crippen molar-refractivity contribution in [2.24, 2.45) is 0 Å². The fraction of sp³-hybridized carbons (Fsp3) is 0.368. The maximum absolute atomic E-state index is 3.57. The third-order valence-electron chi connectivity index (χ3n) is 4.12. The first-order valence-electron chi connectivity index (χ1n) is 7.60. The second-order valence-electron chi connectivity index (χ2n) is 6.23. The van der Waals surface area contributed by atoms with Crippen molar-refractivity contribution in [3.8, 4) is 0 Å². The Morgan fingerprint density at radius 2 is 1.29 bits per heavy atom. The quantitative estimate of drug-likeness (QED) is 0.504. The number of rotatable bonds is 7. The van der Waals surface area contributed by atoms with Crippen molar-refractivity contribution in [2.45, 2.75) is 12.3 Å². The monoisotopic (exact) mass is 346 g/mol. The highest BCUT2D eigenvalue weighted by molar-refractivity contribution is 9.09. The summed E-state index contributed by atoms with van der Waals surface area (Å²) in [5.74, 6) is 0.486. The van der Waals surface area contributed by atoms with Gasteiger partial charge in [0.05, 0.1) is 32.5 Å². The molecule has 1 nitrogen and oxygen atoms in total. The first kappa shape index (κ1) is 16.3. The molecule has 0 aliphatic rings. The lowest BCUT2D eigenvalue weighted by atomic mass is 9.88. The zero-order chi connectivity index (χ0) is 15.1. The standard InChI is InChI=1S/C19H25BrN/c1-21(2,16-14-20)15-13-19(17-9-5-3-6-10-17)18-11-7-4-8-12-18/h3-12,19H,13-16H2,1-2H3/q+1. The second-order valence-corrected chi connectivity index (χ2v) is 7.03. The van der Waals surface area contributed by atoms with Gasteiger partial charge in [-0.05, 0) is 11.1 Å². The van der Waals surface area contributed by atoms with Gasteiger partial charge in [0.1, 0.15) is 0 Å². The second kappa shape index (κ2) is 7.77. The smallest absolute Gasteiger partial charge is 0.0880 e. The number of quaternary nitrogens is 1. The number of hydrogen-bond donors (Lipinski definition) is 0. The van der Waals surface area contributed by atoms with E-state index >= 15 is 0 Å². The molecular formula is C19H25BrN+. The van der Waals surface area contributed by atoms with Gasteiger partial charge in [-0.2, -0.15) is 0 Å². The van der Waals surface area contributed by atoms with E-state index in [2.05, 4.69) is 90.7 Å². The molecule has 0 saturated carbocycles. The van der Waals surface area contributed by atoms with Crippen molar-refractivity contribution < 1.29 is 4.48 Å². The first-order valence-corrected chi connectivity index (χ1v) is 8.72. The number of hydrogen-bond acceptors (Lipinski definition) is 0. The van der Waals surface area contributed by atoms with Gasteiger partial charge in [-0.25, -0.2) is 0 Å². The van der Waals surface area contributed by atoms with Crippen molar-refractivity contribution in [3.05, 3.63) is 71.8 Å². The largest absolute Gasteiger partial charge is 0.328 e. The lowest BCUT2D eigenvalue weighted by Gasteiger charge is -2.31. The van der Waals surface area contributed by atoms with E-state index in [0.717, 1.165) is 16.4 Å². The minimum absolute atomic E-state index is 0.486. The Morgan fingerprint density at radius 1 is 0.810 bits per heavy atom. The summed E-state index contributed by atoms with van der Waals surface area (Å²) in [6.07, 6.45) is 1.17. The van der Waals surface area contributed by atoms with Crippen molar-refractivity contribution in [1.29, 1.82) is 0 Å². The molecule has 0 spiro atoms. The number of nitrogens with zero attached hydrogens (tertiary/aromatic N) is 1. The highest BCUT2D eigenvalue weighted by Gasteiger charge is 2.20. The lowest BCUT2D eigenvalue weighted by Crippen LogP contribution is -2.42. The van der Waals surface area contributed by atoms with Crippen LogP contribution in [0.1, 0.15) is 23.5 Å². The third kappa shape index (κ3) is 4.98. The van der Waals surface area contributed by atoms with Crippen LogP contribution in [0.2, 0.25) is 0 Å². The van der Waals surface area contributed by atoms with Gasteiger partial charge in [-0.1, -0.05) is 76.6 Å². The summed E-state index contributed by atoms with van der Waals surface area (Å²) in [6, 6.07) is 21.8. The van der Waals surface area contributed by atoms with Gasteiger partial charge < -0.3 is 4.48 Å². The van der Waals surface area contributed by atoms with Gasteiger partial charge in [0.25, 0.3) is 0 Å². The highest BCUT2D eigenvalue weighted by Crippen LogP contribution is 2.28. The van der Waals surface area contributed by atoms with Gasteiger partial charge in [0.2, 0.25) is 0 Å². The van der Waals surface area contributed by atoms with Crippen LogP contribution in [0.25, 0.3) is 0 Å². The summed E-state index contributed by atoms with van der Waals surface area (Å²) in [4.78, 5) is 0. The molecule has 0 aliphatic heterocycles. The summed E-state index contributed by atoms with van der Waals surface area (Å²) in [7, 11) is 4.63. The molecule has 0 amide bonds. The van der Waals surface area contributed by atoms with E-state index in [0.29, 0.717) is 5.92 Å². The zero-order valence-corrected chi connectivity index (χ0v) is 14.6. The van der Waals surface area contributed by atoms with E-state index < -0.39 is 0 Å². The van der Waals surface area contributed by atoms with Gasteiger partial charge in [0.15, 0.2) is 0 Å². The van der Waals surface area contributed by atoms with Crippen LogP contribution in [0.5, 0.6) is 0 Å². The van der Waals surface area contributed by atoms with Crippen molar-refractivity contribution in [3.63, 3.8) is 0 Å². The molecule has 21 heavy (non-hydrogen) atoms. The van der Waals surface area contributed by atoms with E-state index in [1.165, 1.54) is 24.1 Å². The Bertz CT molecular complexity index is 482. The molecule has 0 saturated heterocycles. The molecule has 0 unspecified atom stereocenters. The van der Waals surface area contributed by atoms with Gasteiger partial charge >= 0.3 is 0 Å². The third-order valence-corrected chi connectivity index (χ3v) is 4.47. The van der Waals surface area contributed by atoms with Crippen molar-refractivity contribution in [1.82, 2.24) is 0 Å². The summed E-state index contributed by atoms with van der Waals surface area (Å²) in [5, 5.41) is 1.06. The lowest BCUT2D eigenvalue weighted by molar-refractivity contribution is -0.888. The minimum Gasteiger partial charge on any atom is -0.328 e. The Kier molecular flexibility index (Phi) is 6.01. The average molecular weight is 347 g/mol. The SMILES string of the molecule is C[N+](C)(CCBr)CCC(c1ccccc1)c1ccccc1. The van der Waals surface area contributed by atoms with Crippen LogP contribution in [0.15, 0.2) is 60.7 Å². The molecule has 2 aromatic carbocycles. The van der Waals surface area contributed by atoms with E-state index in [9.17, 15) is 0 Å². The molecule has 2 rings (SSSR count). The Labute approximate surface area is 137 Å².